The number of hydrogen-bond acceptors (Lipinski definition) is 4. The van der Waals surface area contributed by atoms with Crippen LogP contribution in [0.25, 0.3) is 0 Å². The molecule has 130 valence electrons. The molecule has 6 heteroatoms. The van der Waals surface area contributed by atoms with E-state index in [0.29, 0.717) is 13.0 Å². The van der Waals surface area contributed by atoms with Crippen LogP contribution in [0.3, 0.4) is 0 Å². The fraction of sp³-hybridized carbons (Fsp3) is 0.882. The Morgan fingerprint density at radius 3 is 2.74 bits per heavy atom. The number of carbonyl (C=O) groups excluding carboxylic acids is 2. The molecule has 0 radical (unpaired) electrons. The standard InChI is InChI=1S/C17H29N3O3/c18-15(21)11-20-13-17(4-1-16(20)22)5-8-19(9-6-17)7-2-14-3-10-23-12-14/h14H,1-13H2,(H2,18,21)/t14-/m0/s1. The Labute approximate surface area is 138 Å². The van der Waals surface area contributed by atoms with Crippen LogP contribution < -0.4 is 5.73 Å². The maximum Gasteiger partial charge on any atom is 0.237 e. The van der Waals surface area contributed by atoms with E-state index >= 15 is 0 Å². The fourth-order valence-corrected chi connectivity index (χ4v) is 4.27. The lowest BCUT2D eigenvalue weighted by atomic mass is 9.72. The number of likely N-dealkylation sites (tertiary alicyclic amines) is 2. The van der Waals surface area contributed by atoms with Crippen molar-refractivity contribution in [3.8, 4) is 0 Å². The highest BCUT2D eigenvalue weighted by molar-refractivity contribution is 5.84. The lowest BCUT2D eigenvalue weighted by molar-refractivity contribution is -0.142. The van der Waals surface area contributed by atoms with Crippen LogP contribution >= 0.6 is 0 Å². The predicted octanol–water partition coefficient (Wildman–Crippen LogP) is 0.603. The molecule has 3 aliphatic rings. The molecule has 0 unspecified atom stereocenters. The summed E-state index contributed by atoms with van der Waals surface area (Å²) < 4.78 is 5.45. The average Bonchev–Trinajstić information content (AvgIpc) is 3.04. The molecule has 2 N–H and O–H groups in total. The summed E-state index contributed by atoms with van der Waals surface area (Å²) in [5.74, 6) is 0.411. The molecule has 6 nitrogen and oxygen atoms in total. The monoisotopic (exact) mass is 323 g/mol. The highest BCUT2D eigenvalue weighted by Gasteiger charge is 2.41. The van der Waals surface area contributed by atoms with Gasteiger partial charge in [-0.25, -0.2) is 0 Å². The van der Waals surface area contributed by atoms with Crippen molar-refractivity contribution in [2.45, 2.75) is 38.5 Å². The summed E-state index contributed by atoms with van der Waals surface area (Å²) in [6, 6.07) is 0. The molecule has 0 aliphatic carbocycles. The van der Waals surface area contributed by atoms with Gasteiger partial charge in [0.15, 0.2) is 0 Å². The number of primary amides is 1. The molecular formula is C17H29N3O3. The number of ether oxygens (including phenoxy) is 1. The minimum atomic E-state index is -0.411. The van der Waals surface area contributed by atoms with E-state index in [-0.39, 0.29) is 17.9 Å². The van der Waals surface area contributed by atoms with Crippen molar-refractivity contribution in [2.24, 2.45) is 17.1 Å². The first-order chi connectivity index (χ1) is 11.1. The van der Waals surface area contributed by atoms with Gasteiger partial charge in [0.1, 0.15) is 0 Å². The molecule has 1 atom stereocenters. The van der Waals surface area contributed by atoms with Gasteiger partial charge in [-0.2, -0.15) is 0 Å². The summed E-state index contributed by atoms with van der Waals surface area (Å²) in [6.07, 6.45) is 6.22. The van der Waals surface area contributed by atoms with Crippen molar-refractivity contribution in [2.75, 3.05) is 45.9 Å². The highest BCUT2D eigenvalue weighted by Crippen LogP contribution is 2.40. The molecule has 0 aromatic rings. The summed E-state index contributed by atoms with van der Waals surface area (Å²) >= 11 is 0. The molecule has 0 saturated carbocycles. The Balaban J connectivity index is 1.46. The topological polar surface area (TPSA) is 75.9 Å². The SMILES string of the molecule is NC(=O)CN1CC2(CCC1=O)CCN(CC[C@H]1CCOC1)CC2. The summed E-state index contributed by atoms with van der Waals surface area (Å²) in [5, 5.41) is 0. The van der Waals surface area contributed by atoms with Gasteiger partial charge in [0, 0.05) is 26.2 Å². The van der Waals surface area contributed by atoms with Gasteiger partial charge in [-0.1, -0.05) is 0 Å². The van der Waals surface area contributed by atoms with E-state index in [4.69, 9.17) is 10.5 Å². The van der Waals surface area contributed by atoms with E-state index in [0.717, 1.165) is 58.0 Å². The minimum Gasteiger partial charge on any atom is -0.381 e. The second-order valence-corrected chi connectivity index (χ2v) is 7.58. The largest absolute Gasteiger partial charge is 0.381 e. The van der Waals surface area contributed by atoms with Gasteiger partial charge in [0.05, 0.1) is 6.54 Å². The molecule has 2 amide bonds. The van der Waals surface area contributed by atoms with E-state index in [9.17, 15) is 9.59 Å². The van der Waals surface area contributed by atoms with Crippen molar-refractivity contribution in [1.82, 2.24) is 9.80 Å². The van der Waals surface area contributed by atoms with Gasteiger partial charge in [0.25, 0.3) is 0 Å². The molecule has 0 aromatic carbocycles. The number of piperidine rings is 2. The van der Waals surface area contributed by atoms with Gasteiger partial charge < -0.3 is 20.3 Å². The summed E-state index contributed by atoms with van der Waals surface area (Å²) in [6.45, 7) is 6.01. The van der Waals surface area contributed by atoms with Gasteiger partial charge >= 0.3 is 0 Å². The van der Waals surface area contributed by atoms with Crippen LogP contribution in [0.15, 0.2) is 0 Å². The number of rotatable bonds is 5. The Kier molecular flexibility index (Phi) is 5.21. The van der Waals surface area contributed by atoms with Crippen LogP contribution in [0, 0.1) is 11.3 Å². The van der Waals surface area contributed by atoms with Crippen molar-refractivity contribution >= 4 is 11.8 Å². The Bertz CT molecular complexity index is 440. The van der Waals surface area contributed by atoms with Crippen LogP contribution in [-0.2, 0) is 14.3 Å². The summed E-state index contributed by atoms with van der Waals surface area (Å²) in [4.78, 5) is 27.4. The highest BCUT2D eigenvalue weighted by atomic mass is 16.5. The Hall–Kier alpha value is -1.14. The van der Waals surface area contributed by atoms with Gasteiger partial charge in [0.2, 0.25) is 11.8 Å². The van der Waals surface area contributed by atoms with Gasteiger partial charge in [-0.15, -0.1) is 0 Å². The molecule has 3 aliphatic heterocycles. The normalized spacial score (nSPS) is 28.4. The maximum absolute atomic E-state index is 12.0. The first kappa shape index (κ1) is 16.7. The Morgan fingerprint density at radius 1 is 1.30 bits per heavy atom. The third kappa shape index (κ3) is 4.23. The molecule has 23 heavy (non-hydrogen) atoms. The van der Waals surface area contributed by atoms with Crippen LogP contribution in [0.4, 0.5) is 0 Å². The van der Waals surface area contributed by atoms with Gasteiger partial charge in [-0.3, -0.25) is 9.59 Å². The van der Waals surface area contributed by atoms with E-state index in [1.165, 1.54) is 12.8 Å². The zero-order chi connectivity index (χ0) is 16.3. The molecule has 3 rings (SSSR count). The van der Waals surface area contributed by atoms with Crippen molar-refractivity contribution in [3.63, 3.8) is 0 Å². The molecule has 0 aromatic heterocycles. The zero-order valence-electron chi connectivity index (χ0n) is 14.0. The lowest BCUT2D eigenvalue weighted by Gasteiger charge is -2.47. The molecule has 3 heterocycles. The molecule has 3 fully saturated rings. The van der Waals surface area contributed by atoms with Crippen molar-refractivity contribution in [3.05, 3.63) is 0 Å². The van der Waals surface area contributed by atoms with Crippen molar-refractivity contribution in [1.29, 1.82) is 0 Å². The number of nitrogens with two attached hydrogens (primary N) is 1. The first-order valence-corrected chi connectivity index (χ1v) is 8.93. The smallest absolute Gasteiger partial charge is 0.237 e. The Morgan fingerprint density at radius 2 is 2.09 bits per heavy atom. The lowest BCUT2D eigenvalue weighted by Crippen LogP contribution is -2.53. The maximum atomic E-state index is 12.0. The summed E-state index contributed by atoms with van der Waals surface area (Å²) in [7, 11) is 0. The summed E-state index contributed by atoms with van der Waals surface area (Å²) in [5.41, 5.74) is 5.48. The number of nitrogens with zero attached hydrogens (tertiary/aromatic N) is 2. The van der Waals surface area contributed by atoms with E-state index in [1.54, 1.807) is 4.90 Å². The third-order valence-electron chi connectivity index (χ3n) is 5.89. The van der Waals surface area contributed by atoms with E-state index in [2.05, 4.69) is 4.90 Å². The first-order valence-electron chi connectivity index (χ1n) is 8.93. The quantitative estimate of drug-likeness (QED) is 0.804. The van der Waals surface area contributed by atoms with Crippen LogP contribution in [-0.4, -0.2) is 67.6 Å². The van der Waals surface area contributed by atoms with E-state index in [1.807, 2.05) is 0 Å². The molecule has 0 bridgehead atoms. The fourth-order valence-electron chi connectivity index (χ4n) is 4.27. The van der Waals surface area contributed by atoms with Gasteiger partial charge in [-0.05, 0) is 63.1 Å². The molecular weight excluding hydrogens is 294 g/mol. The van der Waals surface area contributed by atoms with Crippen molar-refractivity contribution < 1.29 is 14.3 Å². The van der Waals surface area contributed by atoms with Crippen LogP contribution in [0.5, 0.6) is 0 Å². The second kappa shape index (κ2) is 7.18. The van der Waals surface area contributed by atoms with E-state index < -0.39 is 5.91 Å². The predicted molar refractivity (Wildman–Crippen MR) is 86.7 cm³/mol. The number of amides is 2. The average molecular weight is 323 g/mol. The zero-order valence-corrected chi connectivity index (χ0v) is 14.0. The molecule has 1 spiro atoms. The van der Waals surface area contributed by atoms with Crippen LogP contribution in [0.1, 0.15) is 38.5 Å². The number of hydrogen-bond donors (Lipinski definition) is 1. The third-order valence-corrected chi connectivity index (χ3v) is 5.89. The number of carbonyl (C=O) groups is 2. The second-order valence-electron chi connectivity index (χ2n) is 7.58. The molecule has 3 saturated heterocycles. The van der Waals surface area contributed by atoms with Crippen LogP contribution in [0.2, 0.25) is 0 Å². The minimum absolute atomic E-state index is 0.0754.